The monoisotopic (exact) mass is 285 g/mol. The lowest BCUT2D eigenvalue weighted by Gasteiger charge is -2.12. The Morgan fingerprint density at radius 2 is 1.71 bits per heavy atom. The van der Waals surface area contributed by atoms with E-state index >= 15 is 0 Å². The standard InChI is InChI=1S/C17H13F2NO/c18-12-5-10(6-13(19)7-12)14-3-1-2-4-15(14)20-16(21)17-8-11(17)9-17/h1-7,11H,8-9H2,(H,20,21). The molecule has 2 aliphatic carbocycles. The summed E-state index contributed by atoms with van der Waals surface area (Å²) in [6.07, 6.45) is 1.94. The smallest absolute Gasteiger partial charge is 0.230 e. The molecular formula is C17H13F2NO. The summed E-state index contributed by atoms with van der Waals surface area (Å²) < 4.78 is 26.8. The average Bonchev–Trinajstić information content (AvgIpc) is 3.27. The van der Waals surface area contributed by atoms with Gasteiger partial charge >= 0.3 is 0 Å². The second-order valence-electron chi connectivity index (χ2n) is 5.92. The van der Waals surface area contributed by atoms with E-state index in [2.05, 4.69) is 5.32 Å². The van der Waals surface area contributed by atoms with Crippen molar-refractivity contribution in [1.82, 2.24) is 0 Å². The number of para-hydroxylation sites is 1. The largest absolute Gasteiger partial charge is 0.325 e. The van der Waals surface area contributed by atoms with Crippen molar-refractivity contribution in [2.45, 2.75) is 12.8 Å². The van der Waals surface area contributed by atoms with Gasteiger partial charge in [0.25, 0.3) is 0 Å². The van der Waals surface area contributed by atoms with Crippen LogP contribution < -0.4 is 5.32 Å². The summed E-state index contributed by atoms with van der Waals surface area (Å²) in [5.74, 6) is -0.684. The summed E-state index contributed by atoms with van der Waals surface area (Å²) in [7, 11) is 0. The van der Waals surface area contributed by atoms with Gasteiger partial charge in [-0.05, 0) is 42.5 Å². The fourth-order valence-electron chi connectivity index (χ4n) is 2.87. The van der Waals surface area contributed by atoms with E-state index < -0.39 is 11.6 Å². The van der Waals surface area contributed by atoms with Crippen LogP contribution in [0, 0.1) is 23.0 Å². The number of nitrogens with one attached hydrogen (secondary N) is 1. The molecule has 2 saturated carbocycles. The number of hydrogen-bond donors (Lipinski definition) is 1. The van der Waals surface area contributed by atoms with Crippen LogP contribution in [0.5, 0.6) is 0 Å². The third kappa shape index (κ3) is 2.02. The minimum atomic E-state index is -0.630. The van der Waals surface area contributed by atoms with Gasteiger partial charge in [0.2, 0.25) is 5.91 Å². The summed E-state index contributed by atoms with van der Waals surface area (Å²) in [6.45, 7) is 0. The van der Waals surface area contributed by atoms with Gasteiger partial charge < -0.3 is 5.32 Å². The van der Waals surface area contributed by atoms with Crippen LogP contribution in [-0.4, -0.2) is 5.91 Å². The third-order valence-corrected chi connectivity index (χ3v) is 4.48. The van der Waals surface area contributed by atoms with E-state index in [1.807, 2.05) is 0 Å². The van der Waals surface area contributed by atoms with Crippen molar-refractivity contribution in [2.75, 3.05) is 5.32 Å². The first-order valence-corrected chi connectivity index (χ1v) is 6.95. The van der Waals surface area contributed by atoms with Crippen LogP contribution in [0.15, 0.2) is 42.5 Å². The maximum atomic E-state index is 13.4. The first-order chi connectivity index (χ1) is 10.1. The van der Waals surface area contributed by atoms with Crippen LogP contribution >= 0.6 is 0 Å². The fraction of sp³-hybridized carbons (Fsp3) is 0.235. The fourth-order valence-corrected chi connectivity index (χ4v) is 2.87. The zero-order valence-corrected chi connectivity index (χ0v) is 11.2. The first kappa shape index (κ1) is 12.5. The number of halogens is 2. The molecular weight excluding hydrogens is 272 g/mol. The number of hydrogen-bond acceptors (Lipinski definition) is 1. The molecule has 21 heavy (non-hydrogen) atoms. The summed E-state index contributed by atoms with van der Waals surface area (Å²) in [6, 6.07) is 10.5. The number of rotatable bonds is 3. The zero-order valence-electron chi connectivity index (χ0n) is 11.2. The number of amides is 1. The molecule has 0 heterocycles. The molecule has 0 atom stereocenters. The van der Waals surface area contributed by atoms with Gasteiger partial charge in [-0.3, -0.25) is 4.79 Å². The lowest BCUT2D eigenvalue weighted by molar-refractivity contribution is -0.119. The Hall–Kier alpha value is -2.23. The van der Waals surface area contributed by atoms with E-state index in [0.29, 0.717) is 22.7 Å². The SMILES string of the molecule is O=C(Nc1ccccc1-c1cc(F)cc(F)c1)C12CC1C2. The average molecular weight is 285 g/mol. The molecule has 0 spiro atoms. The third-order valence-electron chi connectivity index (χ3n) is 4.48. The number of benzene rings is 2. The minimum absolute atomic E-state index is 0.0248. The van der Waals surface area contributed by atoms with Gasteiger partial charge in [0.05, 0.1) is 5.41 Å². The predicted molar refractivity (Wildman–Crippen MR) is 75.6 cm³/mol. The molecule has 0 saturated heterocycles. The number of anilines is 1. The summed E-state index contributed by atoms with van der Waals surface area (Å²) in [4.78, 5) is 12.2. The van der Waals surface area contributed by atoms with E-state index in [1.54, 1.807) is 24.3 Å². The Balaban J connectivity index is 1.70. The molecule has 106 valence electrons. The Kier molecular flexibility index (Phi) is 2.46. The molecule has 0 unspecified atom stereocenters. The molecule has 0 radical (unpaired) electrons. The van der Waals surface area contributed by atoms with Crippen LogP contribution in [0.1, 0.15) is 12.8 Å². The van der Waals surface area contributed by atoms with Crippen LogP contribution in [-0.2, 0) is 4.79 Å². The van der Waals surface area contributed by atoms with E-state index in [9.17, 15) is 13.6 Å². The van der Waals surface area contributed by atoms with Crippen molar-refractivity contribution in [1.29, 1.82) is 0 Å². The molecule has 0 aliphatic heterocycles. The van der Waals surface area contributed by atoms with Crippen LogP contribution in [0.25, 0.3) is 11.1 Å². The summed E-state index contributed by atoms with van der Waals surface area (Å²) in [5.41, 5.74) is 1.50. The molecule has 2 aliphatic rings. The molecule has 0 aromatic heterocycles. The second kappa shape index (κ2) is 4.13. The molecule has 0 bridgehead atoms. The number of carbonyl (C=O) groups is 1. The highest BCUT2D eigenvalue weighted by molar-refractivity contribution is 6.02. The Morgan fingerprint density at radius 1 is 1.10 bits per heavy atom. The van der Waals surface area contributed by atoms with Crippen molar-refractivity contribution in [3.8, 4) is 11.1 Å². The Morgan fingerprint density at radius 3 is 2.33 bits per heavy atom. The lowest BCUT2D eigenvalue weighted by Crippen LogP contribution is -2.18. The highest BCUT2D eigenvalue weighted by Gasteiger charge is 2.74. The Labute approximate surface area is 120 Å². The summed E-state index contributed by atoms with van der Waals surface area (Å²) >= 11 is 0. The van der Waals surface area contributed by atoms with Gasteiger partial charge in [-0.1, -0.05) is 18.2 Å². The number of carbonyl (C=O) groups excluding carboxylic acids is 1. The molecule has 1 amide bonds. The molecule has 4 heteroatoms. The molecule has 2 fully saturated rings. The highest BCUT2D eigenvalue weighted by Crippen LogP contribution is 2.75. The highest BCUT2D eigenvalue weighted by atomic mass is 19.1. The van der Waals surface area contributed by atoms with Gasteiger partial charge in [0.1, 0.15) is 11.6 Å². The van der Waals surface area contributed by atoms with Crippen molar-refractivity contribution in [3.05, 3.63) is 54.1 Å². The molecule has 2 aromatic carbocycles. The normalized spacial score (nSPS) is 25.1. The second-order valence-corrected chi connectivity index (χ2v) is 5.92. The summed E-state index contributed by atoms with van der Waals surface area (Å²) in [5, 5.41) is 2.91. The van der Waals surface area contributed by atoms with Crippen molar-refractivity contribution < 1.29 is 13.6 Å². The molecule has 2 nitrogen and oxygen atoms in total. The molecule has 4 rings (SSSR count). The Bertz CT molecular complexity index is 730. The van der Waals surface area contributed by atoms with E-state index in [1.165, 1.54) is 12.1 Å². The van der Waals surface area contributed by atoms with E-state index in [0.717, 1.165) is 18.9 Å². The predicted octanol–water partition coefficient (Wildman–Crippen LogP) is 3.98. The first-order valence-electron chi connectivity index (χ1n) is 6.95. The lowest BCUT2D eigenvalue weighted by atomic mass is 10.0. The van der Waals surface area contributed by atoms with E-state index in [4.69, 9.17) is 0 Å². The quantitative estimate of drug-likeness (QED) is 0.908. The zero-order chi connectivity index (χ0) is 14.6. The molecule has 1 N–H and O–H groups in total. The van der Waals surface area contributed by atoms with Crippen LogP contribution in [0.3, 0.4) is 0 Å². The van der Waals surface area contributed by atoms with E-state index in [-0.39, 0.29) is 11.3 Å². The van der Waals surface area contributed by atoms with Crippen LogP contribution in [0.2, 0.25) is 0 Å². The van der Waals surface area contributed by atoms with Gasteiger partial charge in [-0.25, -0.2) is 8.78 Å². The van der Waals surface area contributed by atoms with Crippen LogP contribution in [0.4, 0.5) is 14.5 Å². The maximum Gasteiger partial charge on any atom is 0.230 e. The van der Waals surface area contributed by atoms with Crippen molar-refractivity contribution >= 4 is 11.6 Å². The topological polar surface area (TPSA) is 29.1 Å². The van der Waals surface area contributed by atoms with Gasteiger partial charge in [0.15, 0.2) is 0 Å². The molecule has 2 aromatic rings. The van der Waals surface area contributed by atoms with Gasteiger partial charge in [-0.15, -0.1) is 0 Å². The minimum Gasteiger partial charge on any atom is -0.325 e. The van der Waals surface area contributed by atoms with Gasteiger partial charge in [0, 0.05) is 17.3 Å². The van der Waals surface area contributed by atoms with Crippen molar-refractivity contribution in [2.24, 2.45) is 11.3 Å². The van der Waals surface area contributed by atoms with Crippen molar-refractivity contribution in [3.63, 3.8) is 0 Å². The maximum absolute atomic E-state index is 13.4. The number of fused-ring (bicyclic) bond motifs is 1. The van der Waals surface area contributed by atoms with Gasteiger partial charge in [-0.2, -0.15) is 0 Å².